The zero-order valence-corrected chi connectivity index (χ0v) is 15.9. The van der Waals surface area contributed by atoms with Gasteiger partial charge in [-0.1, -0.05) is 18.2 Å². The molecule has 1 heterocycles. The molecule has 0 unspecified atom stereocenters. The Morgan fingerprint density at radius 2 is 1.55 bits per heavy atom. The van der Waals surface area contributed by atoms with Gasteiger partial charge in [-0.2, -0.15) is 4.57 Å². The highest BCUT2D eigenvalue weighted by Gasteiger charge is 2.14. The first-order valence-corrected chi connectivity index (χ1v) is 8.41. The molecule has 0 fully saturated rings. The molecular weight excluding hydrogens is 396 g/mol. The first kappa shape index (κ1) is 21.5. The standard InChI is InChI=1S/C20H16N4O4.ClH/c25-19(21-17-8-10-18(11-9-17)24(27)28)14-23-12-4-5-15(13-23)20(26)22-16-6-2-1-3-7-16;/h1-13H,14H2,(H-,21,22,25,26);1H. The van der Waals surface area contributed by atoms with Gasteiger partial charge < -0.3 is 23.0 Å². The molecule has 0 aliphatic rings. The normalized spacial score (nSPS) is 9.79. The molecule has 0 spiro atoms. The third kappa shape index (κ3) is 6.12. The fraction of sp³-hybridized carbons (Fsp3) is 0.0500. The molecule has 1 aromatic heterocycles. The Labute approximate surface area is 172 Å². The molecule has 29 heavy (non-hydrogen) atoms. The highest BCUT2D eigenvalue weighted by molar-refractivity contribution is 6.03. The van der Waals surface area contributed by atoms with Crippen LogP contribution in [0.4, 0.5) is 17.1 Å². The van der Waals surface area contributed by atoms with Crippen LogP contribution in [0.15, 0.2) is 79.1 Å². The van der Waals surface area contributed by atoms with E-state index in [0.29, 0.717) is 16.9 Å². The second-order valence-corrected chi connectivity index (χ2v) is 5.94. The fourth-order valence-corrected chi connectivity index (χ4v) is 2.51. The van der Waals surface area contributed by atoms with E-state index >= 15 is 0 Å². The van der Waals surface area contributed by atoms with Crippen molar-refractivity contribution in [2.45, 2.75) is 6.54 Å². The fourth-order valence-electron chi connectivity index (χ4n) is 2.51. The van der Waals surface area contributed by atoms with E-state index in [1.165, 1.54) is 24.3 Å². The average Bonchev–Trinajstić information content (AvgIpc) is 2.69. The monoisotopic (exact) mass is 412 g/mol. The number of hydrogen-bond donors (Lipinski definition) is 2. The van der Waals surface area contributed by atoms with E-state index in [9.17, 15) is 19.7 Å². The van der Waals surface area contributed by atoms with Gasteiger partial charge in [0, 0.05) is 29.6 Å². The van der Waals surface area contributed by atoms with Crippen molar-refractivity contribution in [3.8, 4) is 0 Å². The molecule has 0 atom stereocenters. The van der Waals surface area contributed by atoms with Gasteiger partial charge in [0.2, 0.25) is 6.54 Å². The van der Waals surface area contributed by atoms with E-state index in [4.69, 9.17) is 0 Å². The zero-order valence-electron chi connectivity index (χ0n) is 15.1. The van der Waals surface area contributed by atoms with Gasteiger partial charge in [0.05, 0.1) is 4.92 Å². The van der Waals surface area contributed by atoms with Crippen LogP contribution in [0.1, 0.15) is 10.4 Å². The van der Waals surface area contributed by atoms with E-state index in [1.807, 2.05) is 18.2 Å². The van der Waals surface area contributed by atoms with E-state index < -0.39 is 4.92 Å². The van der Waals surface area contributed by atoms with Gasteiger partial charge >= 0.3 is 0 Å². The van der Waals surface area contributed by atoms with Gasteiger partial charge in [0.15, 0.2) is 12.4 Å². The molecule has 0 radical (unpaired) electrons. The second-order valence-electron chi connectivity index (χ2n) is 5.94. The number of anilines is 2. The second kappa shape index (κ2) is 9.95. The van der Waals surface area contributed by atoms with E-state index in [1.54, 1.807) is 41.2 Å². The number of amides is 2. The average molecular weight is 413 g/mol. The van der Waals surface area contributed by atoms with Crippen LogP contribution in [0.5, 0.6) is 0 Å². The van der Waals surface area contributed by atoms with Crippen molar-refractivity contribution in [1.29, 1.82) is 0 Å². The zero-order chi connectivity index (χ0) is 19.9. The highest BCUT2D eigenvalue weighted by atomic mass is 35.5. The van der Waals surface area contributed by atoms with Gasteiger partial charge in [-0.15, -0.1) is 0 Å². The summed E-state index contributed by atoms with van der Waals surface area (Å²) in [5, 5.41) is 16.1. The summed E-state index contributed by atoms with van der Waals surface area (Å²) in [6.45, 7) is -0.0105. The summed E-state index contributed by atoms with van der Waals surface area (Å²) in [5.41, 5.74) is 1.49. The number of para-hydroxylation sites is 1. The summed E-state index contributed by atoms with van der Waals surface area (Å²) in [4.78, 5) is 34.7. The Morgan fingerprint density at radius 3 is 2.21 bits per heavy atom. The topological polar surface area (TPSA) is 105 Å². The van der Waals surface area contributed by atoms with Crippen LogP contribution in [0, 0.1) is 10.1 Å². The number of rotatable bonds is 6. The lowest BCUT2D eigenvalue weighted by atomic mass is 10.2. The Bertz CT molecular complexity index is 1010. The quantitative estimate of drug-likeness (QED) is 0.331. The summed E-state index contributed by atoms with van der Waals surface area (Å²) in [5.74, 6) is -0.601. The lowest BCUT2D eigenvalue weighted by Gasteiger charge is -2.05. The Balaban J connectivity index is 0.00000300. The smallest absolute Gasteiger partial charge is 0.290 e. The van der Waals surface area contributed by atoms with Crippen LogP contribution in [0.3, 0.4) is 0 Å². The molecular formula is C20H17ClN4O4. The summed E-state index contributed by atoms with van der Waals surface area (Å²) < 4.78 is 1.58. The van der Waals surface area contributed by atoms with Gasteiger partial charge in [0.25, 0.3) is 17.5 Å². The maximum Gasteiger partial charge on any atom is 0.290 e. The summed E-state index contributed by atoms with van der Waals surface area (Å²) in [6, 6.07) is 18.0. The van der Waals surface area contributed by atoms with Gasteiger partial charge in [-0.05, 0) is 30.3 Å². The molecule has 2 aromatic carbocycles. The maximum absolute atomic E-state index is 12.4. The van der Waals surface area contributed by atoms with E-state index in [2.05, 4.69) is 10.6 Å². The van der Waals surface area contributed by atoms with Crippen molar-refractivity contribution in [3.05, 3.63) is 94.8 Å². The number of nitro groups is 1. The predicted octanol–water partition coefficient (Wildman–Crippen LogP) is -0.223. The number of carbonyl (C=O) groups is 2. The number of hydrogen-bond acceptors (Lipinski definition) is 4. The van der Waals surface area contributed by atoms with Crippen LogP contribution < -0.4 is 27.6 Å². The lowest BCUT2D eigenvalue weighted by Crippen LogP contribution is -3.00. The number of aromatic nitrogens is 1. The number of pyridine rings is 1. The first-order chi connectivity index (χ1) is 13.5. The van der Waals surface area contributed by atoms with Crippen molar-refractivity contribution in [3.63, 3.8) is 0 Å². The molecule has 148 valence electrons. The van der Waals surface area contributed by atoms with Crippen molar-refractivity contribution in [1.82, 2.24) is 0 Å². The van der Waals surface area contributed by atoms with Crippen LogP contribution >= 0.6 is 0 Å². The predicted molar refractivity (Wildman–Crippen MR) is 103 cm³/mol. The molecule has 0 aliphatic carbocycles. The molecule has 8 nitrogen and oxygen atoms in total. The Morgan fingerprint density at radius 1 is 0.897 bits per heavy atom. The third-order valence-corrected chi connectivity index (χ3v) is 3.84. The van der Waals surface area contributed by atoms with Crippen LogP contribution in [-0.4, -0.2) is 16.7 Å². The van der Waals surface area contributed by atoms with E-state index in [0.717, 1.165) is 0 Å². The number of carbonyl (C=O) groups excluding carboxylic acids is 2. The van der Waals surface area contributed by atoms with Crippen molar-refractivity contribution in [2.75, 3.05) is 10.6 Å². The maximum atomic E-state index is 12.4. The third-order valence-electron chi connectivity index (χ3n) is 3.84. The molecule has 0 aliphatic heterocycles. The first-order valence-electron chi connectivity index (χ1n) is 8.41. The molecule has 0 saturated heterocycles. The number of benzene rings is 2. The van der Waals surface area contributed by atoms with Gasteiger partial charge in [0.1, 0.15) is 5.56 Å². The van der Waals surface area contributed by atoms with Crippen molar-refractivity contribution in [2.24, 2.45) is 0 Å². The minimum absolute atomic E-state index is 0. The van der Waals surface area contributed by atoms with Crippen molar-refractivity contribution >= 4 is 28.9 Å². The Hall–Kier alpha value is -3.78. The van der Waals surface area contributed by atoms with Crippen LogP contribution in [0.25, 0.3) is 0 Å². The lowest BCUT2D eigenvalue weighted by molar-refractivity contribution is -0.684. The number of halogens is 1. The van der Waals surface area contributed by atoms with Gasteiger partial charge in [-0.3, -0.25) is 19.7 Å². The summed E-state index contributed by atoms with van der Waals surface area (Å²) in [7, 11) is 0. The summed E-state index contributed by atoms with van der Waals surface area (Å²) in [6.07, 6.45) is 3.25. The van der Waals surface area contributed by atoms with Crippen LogP contribution in [0.2, 0.25) is 0 Å². The minimum Gasteiger partial charge on any atom is -1.00 e. The number of non-ortho nitro benzene ring substituents is 1. The highest BCUT2D eigenvalue weighted by Crippen LogP contribution is 2.15. The Kier molecular flexibility index (Phi) is 7.39. The SMILES string of the molecule is O=C(C[n+]1cccc(C(=O)Nc2ccccc2)c1)Nc1ccc([N+](=O)[O-])cc1.[Cl-]. The molecule has 9 heteroatoms. The molecule has 2 N–H and O–H groups in total. The molecule has 0 saturated carbocycles. The van der Waals surface area contributed by atoms with Gasteiger partial charge in [-0.25, -0.2) is 0 Å². The molecule has 2 amide bonds. The molecule has 3 aromatic rings. The molecule has 3 rings (SSSR count). The molecule has 0 bridgehead atoms. The number of nitrogens with zero attached hydrogens (tertiary/aromatic N) is 2. The van der Waals surface area contributed by atoms with E-state index in [-0.39, 0.29) is 36.5 Å². The minimum atomic E-state index is -0.507. The number of nitro benzene ring substituents is 1. The summed E-state index contributed by atoms with van der Waals surface area (Å²) >= 11 is 0. The number of nitrogens with one attached hydrogen (secondary N) is 2. The van der Waals surface area contributed by atoms with Crippen molar-refractivity contribution < 1.29 is 31.5 Å². The largest absolute Gasteiger partial charge is 1.00 e. The van der Waals surface area contributed by atoms with Crippen LogP contribution in [-0.2, 0) is 11.3 Å².